The summed E-state index contributed by atoms with van der Waals surface area (Å²) in [5.74, 6) is 1.32. The Morgan fingerprint density at radius 1 is 1.10 bits per heavy atom. The van der Waals surface area contributed by atoms with Gasteiger partial charge in [0.1, 0.15) is 0 Å². The van der Waals surface area contributed by atoms with Crippen molar-refractivity contribution < 1.29 is 23.8 Å². The second-order valence-electron chi connectivity index (χ2n) is 7.46. The number of hydrogen-bond donors (Lipinski definition) is 1. The van der Waals surface area contributed by atoms with Crippen molar-refractivity contribution in [2.75, 3.05) is 38.4 Å². The van der Waals surface area contributed by atoms with Gasteiger partial charge in [-0.15, -0.1) is 11.3 Å². The smallest absolute Gasteiger partial charge is 0.264 e. The quantitative estimate of drug-likeness (QED) is 0.836. The molecule has 1 N–H and O–H groups in total. The van der Waals surface area contributed by atoms with Crippen molar-refractivity contribution in [1.82, 2.24) is 4.90 Å². The van der Waals surface area contributed by atoms with E-state index < -0.39 is 0 Å². The third kappa shape index (κ3) is 3.70. The van der Waals surface area contributed by atoms with Crippen LogP contribution in [0.1, 0.15) is 26.5 Å². The van der Waals surface area contributed by atoms with Gasteiger partial charge in [0, 0.05) is 35.6 Å². The molecule has 0 bridgehead atoms. The maximum absolute atomic E-state index is 12.8. The Morgan fingerprint density at radius 2 is 1.93 bits per heavy atom. The van der Waals surface area contributed by atoms with E-state index in [9.17, 15) is 9.59 Å². The summed E-state index contributed by atoms with van der Waals surface area (Å²) < 4.78 is 16.0. The highest BCUT2D eigenvalue weighted by Crippen LogP contribution is 2.36. The number of aryl methyl sites for hydroxylation is 1. The second-order valence-corrected chi connectivity index (χ2v) is 8.60. The van der Waals surface area contributed by atoms with Crippen molar-refractivity contribution in [2.24, 2.45) is 5.92 Å². The number of carbonyl (C=O) groups excluding carboxylic acids is 2. The molecule has 8 heteroatoms. The average Bonchev–Trinajstić information content (AvgIpc) is 3.39. The Hall–Kier alpha value is -2.58. The summed E-state index contributed by atoms with van der Waals surface area (Å²) in [5, 5.41) is 2.99. The van der Waals surface area contributed by atoms with E-state index in [0.717, 1.165) is 23.3 Å². The molecule has 2 aliphatic heterocycles. The summed E-state index contributed by atoms with van der Waals surface area (Å²) in [4.78, 5) is 29.4. The first-order chi connectivity index (χ1) is 14.2. The van der Waals surface area contributed by atoms with Gasteiger partial charge < -0.3 is 24.4 Å². The van der Waals surface area contributed by atoms with Crippen molar-refractivity contribution in [2.45, 2.75) is 19.3 Å². The van der Waals surface area contributed by atoms with Crippen LogP contribution in [0.3, 0.4) is 0 Å². The molecule has 1 fully saturated rings. The maximum atomic E-state index is 12.8. The number of amides is 2. The fourth-order valence-electron chi connectivity index (χ4n) is 3.99. The minimum Gasteiger partial charge on any atom is -0.454 e. The molecule has 1 atom stereocenters. The lowest BCUT2D eigenvalue weighted by atomic mass is 9.87. The largest absolute Gasteiger partial charge is 0.454 e. The van der Waals surface area contributed by atoms with Crippen LogP contribution in [0, 0.1) is 5.92 Å². The van der Waals surface area contributed by atoms with Gasteiger partial charge >= 0.3 is 0 Å². The Balaban J connectivity index is 1.25. The molecule has 2 amide bonds. The first kappa shape index (κ1) is 18.4. The number of nitrogens with one attached hydrogen (secondary N) is 1. The molecule has 0 radical (unpaired) electrons. The molecule has 29 heavy (non-hydrogen) atoms. The van der Waals surface area contributed by atoms with E-state index in [2.05, 4.69) is 5.32 Å². The lowest BCUT2D eigenvalue weighted by molar-refractivity contribution is -0.120. The van der Waals surface area contributed by atoms with Crippen molar-refractivity contribution in [1.29, 1.82) is 0 Å². The predicted molar refractivity (Wildman–Crippen MR) is 108 cm³/mol. The van der Waals surface area contributed by atoms with Gasteiger partial charge in [-0.2, -0.15) is 0 Å². The van der Waals surface area contributed by atoms with Crippen LogP contribution in [-0.2, 0) is 22.4 Å². The van der Waals surface area contributed by atoms with Gasteiger partial charge in [-0.1, -0.05) is 0 Å². The van der Waals surface area contributed by atoms with Crippen molar-refractivity contribution >= 4 is 28.8 Å². The zero-order chi connectivity index (χ0) is 19.8. The highest BCUT2D eigenvalue weighted by molar-refractivity contribution is 7.14. The standard InChI is InChI=1S/C21H22N2O5S/c24-20(22-15-2-3-16-17(11-15)28-12-27-16)13-1-4-18-14(9-13)10-19(29-18)21(25)23-5-7-26-8-6-23/h2-3,10-11,13H,1,4-9,12H2,(H,22,24)/t13-/m0/s1. The van der Waals surface area contributed by atoms with Gasteiger partial charge in [0.05, 0.1) is 18.1 Å². The topological polar surface area (TPSA) is 77.1 Å². The van der Waals surface area contributed by atoms with Gasteiger partial charge in [-0.25, -0.2) is 0 Å². The minimum atomic E-state index is -0.103. The van der Waals surface area contributed by atoms with Crippen LogP contribution in [0.4, 0.5) is 5.69 Å². The maximum Gasteiger partial charge on any atom is 0.264 e. The zero-order valence-electron chi connectivity index (χ0n) is 15.9. The molecule has 0 unspecified atom stereocenters. The van der Waals surface area contributed by atoms with Gasteiger partial charge in [0.2, 0.25) is 12.7 Å². The second kappa shape index (κ2) is 7.68. The molecular formula is C21H22N2O5S. The van der Waals surface area contributed by atoms with Gasteiger partial charge in [-0.3, -0.25) is 9.59 Å². The van der Waals surface area contributed by atoms with E-state index in [0.29, 0.717) is 49.9 Å². The van der Waals surface area contributed by atoms with E-state index in [1.165, 1.54) is 4.88 Å². The van der Waals surface area contributed by atoms with E-state index in [1.807, 2.05) is 17.0 Å². The molecule has 1 aliphatic carbocycles. The van der Waals surface area contributed by atoms with E-state index in [4.69, 9.17) is 14.2 Å². The van der Waals surface area contributed by atoms with Crippen LogP contribution in [0.5, 0.6) is 11.5 Å². The number of fused-ring (bicyclic) bond motifs is 2. The van der Waals surface area contributed by atoms with Crippen LogP contribution in [0.15, 0.2) is 24.3 Å². The molecular weight excluding hydrogens is 392 g/mol. The number of nitrogens with zero attached hydrogens (tertiary/aromatic N) is 1. The number of hydrogen-bond acceptors (Lipinski definition) is 6. The number of ether oxygens (including phenoxy) is 3. The molecule has 2 aromatic rings. The first-order valence-electron chi connectivity index (χ1n) is 9.86. The molecule has 1 saturated heterocycles. The molecule has 0 spiro atoms. The molecule has 1 aromatic carbocycles. The molecule has 7 nitrogen and oxygen atoms in total. The number of thiophene rings is 1. The van der Waals surface area contributed by atoms with Crippen LogP contribution in [0.2, 0.25) is 0 Å². The number of benzene rings is 1. The fourth-order valence-corrected chi connectivity index (χ4v) is 5.17. The summed E-state index contributed by atoms with van der Waals surface area (Å²) in [7, 11) is 0. The number of anilines is 1. The summed E-state index contributed by atoms with van der Waals surface area (Å²) >= 11 is 1.57. The van der Waals surface area contributed by atoms with E-state index in [-0.39, 0.29) is 24.5 Å². The highest BCUT2D eigenvalue weighted by Gasteiger charge is 2.29. The summed E-state index contributed by atoms with van der Waals surface area (Å²) in [6, 6.07) is 7.40. The van der Waals surface area contributed by atoms with Crippen LogP contribution in [-0.4, -0.2) is 49.8 Å². The number of carbonyl (C=O) groups is 2. The first-order valence-corrected chi connectivity index (χ1v) is 10.7. The molecule has 152 valence electrons. The Bertz CT molecular complexity index is 951. The monoisotopic (exact) mass is 414 g/mol. The molecule has 1 aromatic heterocycles. The van der Waals surface area contributed by atoms with Crippen molar-refractivity contribution in [3.63, 3.8) is 0 Å². The lowest BCUT2D eigenvalue weighted by Gasteiger charge is -2.26. The molecule has 3 aliphatic rings. The van der Waals surface area contributed by atoms with Crippen molar-refractivity contribution in [3.05, 3.63) is 39.6 Å². The summed E-state index contributed by atoms with van der Waals surface area (Å²) in [5.41, 5.74) is 1.84. The summed E-state index contributed by atoms with van der Waals surface area (Å²) in [6.45, 7) is 2.68. The van der Waals surface area contributed by atoms with Gasteiger partial charge in [-0.05, 0) is 43.0 Å². The van der Waals surface area contributed by atoms with Crippen molar-refractivity contribution in [3.8, 4) is 11.5 Å². The molecule has 3 heterocycles. The van der Waals surface area contributed by atoms with Crippen LogP contribution >= 0.6 is 11.3 Å². The molecule has 0 saturated carbocycles. The average molecular weight is 414 g/mol. The third-order valence-corrected chi connectivity index (χ3v) is 6.83. The van der Waals surface area contributed by atoms with Crippen LogP contribution < -0.4 is 14.8 Å². The molecule has 5 rings (SSSR count). The zero-order valence-corrected chi connectivity index (χ0v) is 16.8. The fraction of sp³-hybridized carbons (Fsp3) is 0.429. The van der Waals surface area contributed by atoms with Crippen LogP contribution in [0.25, 0.3) is 0 Å². The number of rotatable bonds is 3. The normalized spacial score (nSPS) is 20.3. The number of morpholine rings is 1. The lowest BCUT2D eigenvalue weighted by Crippen LogP contribution is -2.40. The Labute approximate surface area is 172 Å². The summed E-state index contributed by atoms with van der Waals surface area (Å²) in [6.07, 6.45) is 2.28. The van der Waals surface area contributed by atoms with E-state index >= 15 is 0 Å². The minimum absolute atomic E-state index is 0.00164. The Morgan fingerprint density at radius 3 is 2.79 bits per heavy atom. The Kier molecular flexibility index (Phi) is 4.89. The predicted octanol–water partition coefficient (Wildman–Crippen LogP) is 2.69. The van der Waals surface area contributed by atoms with E-state index in [1.54, 1.807) is 23.5 Å². The SMILES string of the molecule is O=C(Nc1ccc2c(c1)OCO2)[C@H]1CCc2sc(C(=O)N3CCOCC3)cc2C1. The van der Waals surface area contributed by atoms with Gasteiger partial charge in [0.25, 0.3) is 5.91 Å². The van der Waals surface area contributed by atoms with Gasteiger partial charge in [0.15, 0.2) is 11.5 Å². The highest BCUT2D eigenvalue weighted by atomic mass is 32.1. The third-order valence-electron chi connectivity index (χ3n) is 5.60.